The van der Waals surface area contributed by atoms with Crippen LogP contribution in [0.25, 0.3) is 0 Å². The molecule has 19 heavy (non-hydrogen) atoms. The van der Waals surface area contributed by atoms with Gasteiger partial charge in [-0.05, 0) is 23.3 Å². The lowest BCUT2D eigenvalue weighted by Gasteiger charge is -2.19. The molecule has 0 aliphatic rings. The van der Waals surface area contributed by atoms with Crippen LogP contribution in [0.5, 0.6) is 0 Å². The molecule has 1 aromatic rings. The SMILES string of the molecule is N#CCC(O)C(O)c1ccc(C(F)(F)F)cc1CO. The van der Waals surface area contributed by atoms with Gasteiger partial charge in [-0.3, -0.25) is 0 Å². The molecule has 4 nitrogen and oxygen atoms in total. The van der Waals surface area contributed by atoms with Crippen molar-refractivity contribution in [2.45, 2.75) is 31.4 Å². The first-order valence-electron chi connectivity index (χ1n) is 5.35. The van der Waals surface area contributed by atoms with Crippen molar-refractivity contribution < 1.29 is 28.5 Å². The molecule has 7 heteroatoms. The van der Waals surface area contributed by atoms with Gasteiger partial charge in [-0.2, -0.15) is 18.4 Å². The van der Waals surface area contributed by atoms with Gasteiger partial charge in [-0.25, -0.2) is 0 Å². The summed E-state index contributed by atoms with van der Waals surface area (Å²) < 4.78 is 37.4. The van der Waals surface area contributed by atoms with Gasteiger partial charge < -0.3 is 15.3 Å². The second kappa shape index (κ2) is 6.02. The van der Waals surface area contributed by atoms with E-state index in [1.165, 1.54) is 0 Å². The molecule has 0 saturated heterocycles. The molecular weight excluding hydrogens is 263 g/mol. The molecule has 0 spiro atoms. The fourth-order valence-electron chi connectivity index (χ4n) is 1.62. The van der Waals surface area contributed by atoms with Crippen LogP contribution in [0.3, 0.4) is 0 Å². The van der Waals surface area contributed by atoms with E-state index in [0.29, 0.717) is 6.07 Å². The third kappa shape index (κ3) is 3.67. The highest BCUT2D eigenvalue weighted by Crippen LogP contribution is 2.32. The van der Waals surface area contributed by atoms with Crippen LogP contribution < -0.4 is 0 Å². The number of nitriles is 1. The van der Waals surface area contributed by atoms with Gasteiger partial charge in [0.05, 0.1) is 30.8 Å². The van der Waals surface area contributed by atoms with Crippen molar-refractivity contribution in [2.75, 3.05) is 0 Å². The number of aliphatic hydroxyl groups excluding tert-OH is 3. The van der Waals surface area contributed by atoms with Crippen molar-refractivity contribution in [3.8, 4) is 6.07 Å². The lowest BCUT2D eigenvalue weighted by molar-refractivity contribution is -0.137. The van der Waals surface area contributed by atoms with Crippen LogP contribution in [0.1, 0.15) is 29.2 Å². The molecule has 3 N–H and O–H groups in total. The average Bonchev–Trinajstić information content (AvgIpc) is 2.36. The van der Waals surface area contributed by atoms with E-state index in [0.717, 1.165) is 12.1 Å². The van der Waals surface area contributed by atoms with Crippen molar-refractivity contribution in [1.29, 1.82) is 5.26 Å². The van der Waals surface area contributed by atoms with E-state index < -0.39 is 30.6 Å². The van der Waals surface area contributed by atoms with Gasteiger partial charge in [0.2, 0.25) is 0 Å². The highest BCUT2D eigenvalue weighted by molar-refractivity contribution is 5.35. The van der Waals surface area contributed by atoms with Crippen molar-refractivity contribution in [2.24, 2.45) is 0 Å². The Bertz CT molecular complexity index is 482. The summed E-state index contributed by atoms with van der Waals surface area (Å²) in [4.78, 5) is 0. The number of benzene rings is 1. The highest BCUT2D eigenvalue weighted by Gasteiger charge is 2.32. The summed E-state index contributed by atoms with van der Waals surface area (Å²) in [6.07, 6.45) is -7.87. The Labute approximate surface area is 107 Å². The maximum absolute atomic E-state index is 12.5. The third-order valence-corrected chi connectivity index (χ3v) is 2.62. The predicted molar refractivity (Wildman–Crippen MR) is 58.6 cm³/mol. The first-order valence-corrected chi connectivity index (χ1v) is 5.35. The van der Waals surface area contributed by atoms with E-state index in [1.807, 2.05) is 0 Å². The van der Waals surface area contributed by atoms with Crippen molar-refractivity contribution in [3.05, 3.63) is 34.9 Å². The molecule has 2 unspecified atom stereocenters. The van der Waals surface area contributed by atoms with Crippen LogP contribution in [0, 0.1) is 11.3 Å². The largest absolute Gasteiger partial charge is 0.416 e. The summed E-state index contributed by atoms with van der Waals surface area (Å²) in [7, 11) is 0. The van der Waals surface area contributed by atoms with Crippen LogP contribution in [-0.2, 0) is 12.8 Å². The van der Waals surface area contributed by atoms with E-state index in [-0.39, 0.29) is 17.5 Å². The molecule has 0 radical (unpaired) electrons. The molecule has 0 saturated carbocycles. The highest BCUT2D eigenvalue weighted by atomic mass is 19.4. The minimum absolute atomic E-state index is 0.0294. The zero-order valence-electron chi connectivity index (χ0n) is 9.72. The standard InChI is InChI=1S/C12H12F3NO3/c13-12(14,15)8-1-2-9(7(5-8)6-17)11(19)10(18)3-4-16/h1-2,5,10-11,17-19H,3,6H2. The maximum Gasteiger partial charge on any atom is 0.416 e. The molecule has 2 atom stereocenters. The Morgan fingerprint density at radius 1 is 1.26 bits per heavy atom. The summed E-state index contributed by atoms with van der Waals surface area (Å²) in [5.74, 6) is 0. The molecule has 0 fully saturated rings. The van der Waals surface area contributed by atoms with Crippen molar-refractivity contribution >= 4 is 0 Å². The summed E-state index contributed by atoms with van der Waals surface area (Å²) in [6, 6.07) is 4.08. The Kier molecular flexibility index (Phi) is 4.89. The summed E-state index contributed by atoms with van der Waals surface area (Å²) in [6.45, 7) is -0.713. The van der Waals surface area contributed by atoms with Gasteiger partial charge in [0, 0.05) is 0 Å². The molecule has 0 heterocycles. The molecule has 0 aromatic heterocycles. The summed E-state index contributed by atoms with van der Waals surface area (Å²) in [5, 5.41) is 36.6. The van der Waals surface area contributed by atoms with Crippen molar-refractivity contribution in [1.82, 2.24) is 0 Å². The predicted octanol–water partition coefficient (Wildman–Crippen LogP) is 1.51. The number of nitrogens with zero attached hydrogens (tertiary/aromatic N) is 1. The molecule has 104 valence electrons. The van der Waals surface area contributed by atoms with Gasteiger partial charge in [0.15, 0.2) is 0 Å². The Morgan fingerprint density at radius 3 is 2.37 bits per heavy atom. The van der Waals surface area contributed by atoms with Crippen LogP contribution >= 0.6 is 0 Å². The zero-order chi connectivity index (χ0) is 14.6. The summed E-state index contributed by atoms with van der Waals surface area (Å²) in [5.41, 5.74) is -1.13. The molecule has 0 aliphatic carbocycles. The van der Waals surface area contributed by atoms with E-state index >= 15 is 0 Å². The first kappa shape index (κ1) is 15.4. The first-order chi connectivity index (χ1) is 8.81. The van der Waals surface area contributed by atoms with E-state index in [4.69, 9.17) is 10.4 Å². The Hall–Kier alpha value is -1.62. The fraction of sp³-hybridized carbons (Fsp3) is 0.417. The Balaban J connectivity index is 3.13. The van der Waals surface area contributed by atoms with Crippen LogP contribution in [0.2, 0.25) is 0 Å². The van der Waals surface area contributed by atoms with Gasteiger partial charge in [0.1, 0.15) is 6.10 Å². The zero-order valence-corrected chi connectivity index (χ0v) is 9.72. The van der Waals surface area contributed by atoms with Gasteiger partial charge in [-0.15, -0.1) is 0 Å². The number of hydrogen-bond acceptors (Lipinski definition) is 4. The third-order valence-electron chi connectivity index (χ3n) is 2.62. The lowest BCUT2D eigenvalue weighted by atomic mass is 9.95. The normalized spacial score (nSPS) is 14.8. The number of aliphatic hydroxyl groups is 3. The monoisotopic (exact) mass is 275 g/mol. The van der Waals surface area contributed by atoms with Crippen LogP contribution in [-0.4, -0.2) is 21.4 Å². The molecule has 0 aliphatic heterocycles. The number of halogens is 3. The van der Waals surface area contributed by atoms with Gasteiger partial charge in [-0.1, -0.05) is 6.07 Å². The number of rotatable bonds is 4. The minimum atomic E-state index is -4.56. The minimum Gasteiger partial charge on any atom is -0.392 e. The maximum atomic E-state index is 12.5. The summed E-state index contributed by atoms with van der Waals surface area (Å²) >= 11 is 0. The molecule has 1 aromatic carbocycles. The second-order valence-electron chi connectivity index (χ2n) is 3.94. The molecular formula is C12H12F3NO3. The number of alkyl halides is 3. The van der Waals surface area contributed by atoms with E-state index in [9.17, 15) is 23.4 Å². The molecule has 0 bridgehead atoms. The number of hydrogen-bond donors (Lipinski definition) is 3. The van der Waals surface area contributed by atoms with E-state index in [1.54, 1.807) is 6.07 Å². The average molecular weight is 275 g/mol. The lowest BCUT2D eigenvalue weighted by Crippen LogP contribution is -2.19. The van der Waals surface area contributed by atoms with Gasteiger partial charge in [0.25, 0.3) is 0 Å². The quantitative estimate of drug-likeness (QED) is 0.777. The van der Waals surface area contributed by atoms with Crippen LogP contribution in [0.15, 0.2) is 18.2 Å². The second-order valence-corrected chi connectivity index (χ2v) is 3.94. The smallest absolute Gasteiger partial charge is 0.392 e. The fourth-order valence-corrected chi connectivity index (χ4v) is 1.62. The van der Waals surface area contributed by atoms with Crippen molar-refractivity contribution in [3.63, 3.8) is 0 Å². The van der Waals surface area contributed by atoms with Gasteiger partial charge >= 0.3 is 6.18 Å². The molecule has 1 rings (SSSR count). The molecule has 0 amide bonds. The topological polar surface area (TPSA) is 84.5 Å². The van der Waals surface area contributed by atoms with E-state index in [2.05, 4.69) is 0 Å². The Morgan fingerprint density at radius 2 is 1.89 bits per heavy atom. The van der Waals surface area contributed by atoms with Crippen LogP contribution in [0.4, 0.5) is 13.2 Å².